The first-order chi connectivity index (χ1) is 10.2. The van der Waals surface area contributed by atoms with E-state index in [4.69, 9.17) is 4.74 Å². The van der Waals surface area contributed by atoms with Crippen LogP contribution in [0.2, 0.25) is 0 Å². The smallest absolute Gasteiger partial charge is 0.213 e. The topological polar surface area (TPSA) is 52.8 Å². The Kier molecular flexibility index (Phi) is 3.59. The summed E-state index contributed by atoms with van der Waals surface area (Å²) in [6, 6.07) is 6.70. The first-order valence-corrected chi connectivity index (χ1v) is 6.39. The Balaban J connectivity index is 1.75. The first kappa shape index (κ1) is 13.2. The molecule has 0 saturated heterocycles. The molecule has 3 aromatic heterocycles. The van der Waals surface area contributed by atoms with Crippen molar-refractivity contribution in [3.8, 4) is 17.1 Å². The number of hydrogen-bond acceptors (Lipinski definition) is 4. The minimum absolute atomic E-state index is 0.0865. The Morgan fingerprint density at radius 3 is 2.81 bits per heavy atom. The molecule has 3 heterocycles. The second kappa shape index (κ2) is 5.70. The van der Waals surface area contributed by atoms with Gasteiger partial charge in [0.2, 0.25) is 5.88 Å². The molecule has 0 aliphatic carbocycles. The van der Waals surface area contributed by atoms with Crippen molar-refractivity contribution < 1.29 is 9.13 Å². The van der Waals surface area contributed by atoms with Gasteiger partial charge in [0.25, 0.3) is 0 Å². The third-order valence-corrected chi connectivity index (χ3v) is 2.94. The number of aromatic nitrogens is 4. The van der Waals surface area contributed by atoms with Gasteiger partial charge in [0.15, 0.2) is 0 Å². The summed E-state index contributed by atoms with van der Waals surface area (Å²) < 4.78 is 21.1. The highest BCUT2D eigenvalue weighted by molar-refractivity contribution is 5.57. The van der Waals surface area contributed by atoms with E-state index in [1.807, 2.05) is 6.07 Å². The van der Waals surface area contributed by atoms with Crippen molar-refractivity contribution in [2.24, 2.45) is 7.05 Å². The van der Waals surface area contributed by atoms with Gasteiger partial charge < -0.3 is 4.74 Å². The highest BCUT2D eigenvalue weighted by Gasteiger charge is 2.09. The average molecular weight is 284 g/mol. The van der Waals surface area contributed by atoms with Gasteiger partial charge in [-0.2, -0.15) is 5.10 Å². The molecule has 0 spiro atoms. The monoisotopic (exact) mass is 284 g/mol. The lowest BCUT2D eigenvalue weighted by Gasteiger charge is -2.06. The summed E-state index contributed by atoms with van der Waals surface area (Å²) in [6.07, 6.45) is 6.52. The summed E-state index contributed by atoms with van der Waals surface area (Å²) in [5.41, 5.74) is 1.70. The van der Waals surface area contributed by atoms with Crippen LogP contribution in [0.15, 0.2) is 49.1 Å². The van der Waals surface area contributed by atoms with Gasteiger partial charge in [-0.1, -0.05) is 6.07 Å². The predicted octanol–water partition coefficient (Wildman–Crippen LogP) is 2.60. The molecular formula is C15H13FN4O. The molecule has 21 heavy (non-hydrogen) atoms. The second-order valence-electron chi connectivity index (χ2n) is 4.52. The summed E-state index contributed by atoms with van der Waals surface area (Å²) in [5.74, 6) is 0.0908. The maximum absolute atomic E-state index is 14.1. The molecule has 0 atom stereocenters. The third kappa shape index (κ3) is 3.05. The molecule has 0 aliphatic heterocycles. The zero-order valence-corrected chi connectivity index (χ0v) is 11.4. The van der Waals surface area contributed by atoms with Gasteiger partial charge in [-0.25, -0.2) is 9.37 Å². The maximum atomic E-state index is 14.1. The average Bonchev–Trinajstić information content (AvgIpc) is 2.93. The molecule has 3 aromatic rings. The van der Waals surface area contributed by atoms with Gasteiger partial charge in [-0.3, -0.25) is 9.67 Å². The molecule has 0 bridgehead atoms. The highest BCUT2D eigenvalue weighted by atomic mass is 19.1. The molecule has 106 valence electrons. The van der Waals surface area contributed by atoms with E-state index in [1.54, 1.807) is 42.5 Å². The minimum Gasteiger partial charge on any atom is -0.473 e. The van der Waals surface area contributed by atoms with Crippen molar-refractivity contribution in [3.63, 3.8) is 0 Å². The third-order valence-electron chi connectivity index (χ3n) is 2.94. The fourth-order valence-electron chi connectivity index (χ4n) is 1.86. The molecule has 5 nitrogen and oxygen atoms in total. The Labute approximate surface area is 121 Å². The van der Waals surface area contributed by atoms with Crippen molar-refractivity contribution in [1.82, 2.24) is 19.7 Å². The molecular weight excluding hydrogens is 271 g/mol. The first-order valence-electron chi connectivity index (χ1n) is 6.39. The van der Waals surface area contributed by atoms with Crippen LogP contribution in [0.5, 0.6) is 5.88 Å². The Hall–Kier alpha value is -2.76. The van der Waals surface area contributed by atoms with Crippen molar-refractivity contribution in [2.75, 3.05) is 0 Å². The van der Waals surface area contributed by atoms with Crippen LogP contribution in [0.1, 0.15) is 5.56 Å². The van der Waals surface area contributed by atoms with E-state index < -0.39 is 0 Å². The molecule has 0 radical (unpaired) electrons. The normalized spacial score (nSPS) is 10.6. The maximum Gasteiger partial charge on any atom is 0.213 e. The lowest BCUT2D eigenvalue weighted by molar-refractivity contribution is 0.287. The standard InChI is InChI=1S/C15H13FN4O/c1-20-9-11(8-19-20)14-6-13(16)12(7-18-14)10-21-15-4-2-3-5-17-15/h2-9H,10H2,1H3. The summed E-state index contributed by atoms with van der Waals surface area (Å²) in [7, 11) is 1.80. The number of rotatable bonds is 4. The van der Waals surface area contributed by atoms with E-state index in [0.717, 1.165) is 5.56 Å². The summed E-state index contributed by atoms with van der Waals surface area (Å²) in [6.45, 7) is 0.0865. The molecule has 0 aromatic carbocycles. The molecule has 3 rings (SSSR count). The van der Waals surface area contributed by atoms with Gasteiger partial charge >= 0.3 is 0 Å². The molecule has 6 heteroatoms. The van der Waals surface area contributed by atoms with Crippen LogP contribution in [0.4, 0.5) is 4.39 Å². The number of ether oxygens (including phenoxy) is 1. The number of aryl methyl sites for hydroxylation is 1. The molecule has 0 unspecified atom stereocenters. The summed E-state index contributed by atoms with van der Waals surface area (Å²) in [4.78, 5) is 8.26. The fraction of sp³-hybridized carbons (Fsp3) is 0.133. The second-order valence-corrected chi connectivity index (χ2v) is 4.52. The van der Waals surface area contributed by atoms with E-state index in [2.05, 4.69) is 15.1 Å². The zero-order chi connectivity index (χ0) is 14.7. The Morgan fingerprint density at radius 1 is 1.24 bits per heavy atom. The van der Waals surface area contributed by atoms with E-state index in [1.165, 1.54) is 12.3 Å². The lowest BCUT2D eigenvalue weighted by atomic mass is 10.2. The van der Waals surface area contributed by atoms with Gasteiger partial charge in [0.05, 0.1) is 11.9 Å². The quantitative estimate of drug-likeness (QED) is 0.739. The van der Waals surface area contributed by atoms with Crippen molar-refractivity contribution in [1.29, 1.82) is 0 Å². The largest absolute Gasteiger partial charge is 0.473 e. The van der Waals surface area contributed by atoms with Gasteiger partial charge in [-0.15, -0.1) is 0 Å². The number of halogens is 1. The van der Waals surface area contributed by atoms with Gasteiger partial charge in [0, 0.05) is 48.9 Å². The number of hydrogen-bond donors (Lipinski definition) is 0. The van der Waals surface area contributed by atoms with Gasteiger partial charge in [0.1, 0.15) is 12.4 Å². The molecule has 0 aliphatic rings. The Bertz CT molecular complexity index is 742. The molecule has 0 fully saturated rings. The summed E-state index contributed by atoms with van der Waals surface area (Å²) >= 11 is 0. The van der Waals surface area contributed by atoms with Crippen LogP contribution in [-0.2, 0) is 13.7 Å². The van der Waals surface area contributed by atoms with Crippen molar-refractivity contribution >= 4 is 0 Å². The number of nitrogens with zero attached hydrogens (tertiary/aromatic N) is 4. The van der Waals surface area contributed by atoms with Crippen molar-refractivity contribution in [3.05, 3.63) is 60.4 Å². The Morgan fingerprint density at radius 2 is 2.14 bits per heavy atom. The van der Waals surface area contributed by atoms with Crippen LogP contribution >= 0.6 is 0 Å². The predicted molar refractivity (Wildman–Crippen MR) is 75.0 cm³/mol. The van der Waals surface area contributed by atoms with Crippen LogP contribution < -0.4 is 4.74 Å². The summed E-state index contributed by atoms with van der Waals surface area (Å²) in [5, 5.41) is 4.04. The highest BCUT2D eigenvalue weighted by Crippen LogP contribution is 2.19. The molecule has 0 N–H and O–H groups in total. The van der Waals surface area contributed by atoms with Gasteiger partial charge in [-0.05, 0) is 6.07 Å². The van der Waals surface area contributed by atoms with Crippen LogP contribution in [0.25, 0.3) is 11.3 Å². The minimum atomic E-state index is -0.361. The SMILES string of the molecule is Cn1cc(-c2cc(F)c(COc3ccccn3)cn2)cn1. The number of pyridine rings is 2. The van der Waals surface area contributed by atoms with E-state index in [9.17, 15) is 4.39 Å². The van der Waals surface area contributed by atoms with Crippen LogP contribution in [0, 0.1) is 5.82 Å². The van der Waals surface area contributed by atoms with E-state index >= 15 is 0 Å². The van der Waals surface area contributed by atoms with E-state index in [0.29, 0.717) is 17.1 Å². The van der Waals surface area contributed by atoms with Crippen LogP contribution in [0.3, 0.4) is 0 Å². The lowest BCUT2D eigenvalue weighted by Crippen LogP contribution is -2.01. The van der Waals surface area contributed by atoms with Crippen LogP contribution in [-0.4, -0.2) is 19.7 Å². The van der Waals surface area contributed by atoms with Crippen molar-refractivity contribution in [2.45, 2.75) is 6.61 Å². The van der Waals surface area contributed by atoms with E-state index in [-0.39, 0.29) is 12.4 Å². The molecule has 0 saturated carbocycles. The molecule has 0 amide bonds. The fourth-order valence-corrected chi connectivity index (χ4v) is 1.86. The zero-order valence-electron chi connectivity index (χ0n) is 11.4.